The highest BCUT2D eigenvalue weighted by Crippen LogP contribution is 2.31. The number of carbonyl (C=O) groups is 2. The molecule has 0 atom stereocenters. The van der Waals surface area contributed by atoms with Crippen LogP contribution in [0.3, 0.4) is 0 Å². The molecule has 1 aliphatic rings. The zero-order valence-corrected chi connectivity index (χ0v) is 23.9. The fraction of sp³-hybridized carbons (Fsp3) is 0.242. The molecule has 3 heterocycles. The number of hydrogen-bond acceptors (Lipinski definition) is 7. The summed E-state index contributed by atoms with van der Waals surface area (Å²) in [6, 6.07) is 25.2. The van der Waals surface area contributed by atoms with Gasteiger partial charge in [0.15, 0.2) is 11.5 Å². The van der Waals surface area contributed by atoms with E-state index in [1.54, 1.807) is 24.8 Å². The smallest absolute Gasteiger partial charge is 0.358 e. The molecular weight excluding hydrogens is 532 g/mol. The van der Waals surface area contributed by atoms with E-state index in [2.05, 4.69) is 22.1 Å². The van der Waals surface area contributed by atoms with Gasteiger partial charge in [0.1, 0.15) is 17.0 Å². The summed E-state index contributed by atoms with van der Waals surface area (Å²) in [7, 11) is 1.61. The predicted molar refractivity (Wildman–Crippen MR) is 161 cm³/mol. The molecule has 9 heteroatoms. The van der Waals surface area contributed by atoms with Gasteiger partial charge in [-0.3, -0.25) is 4.79 Å². The lowest BCUT2D eigenvalue weighted by Crippen LogP contribution is -2.48. The van der Waals surface area contributed by atoms with Gasteiger partial charge in [0.2, 0.25) is 0 Å². The molecule has 0 bridgehead atoms. The van der Waals surface area contributed by atoms with E-state index in [-0.39, 0.29) is 18.2 Å². The summed E-state index contributed by atoms with van der Waals surface area (Å²) >= 11 is 0. The summed E-state index contributed by atoms with van der Waals surface area (Å²) in [6.45, 7) is 6.58. The third kappa shape index (κ3) is 4.98. The van der Waals surface area contributed by atoms with Crippen LogP contribution < -0.4 is 9.64 Å². The van der Waals surface area contributed by atoms with E-state index in [0.717, 1.165) is 39.2 Å². The molecule has 0 aliphatic carbocycles. The Bertz CT molecular complexity index is 1750. The number of carbonyl (C=O) groups excluding carboxylic acids is 2. The molecule has 1 aliphatic heterocycles. The molecule has 0 unspecified atom stereocenters. The monoisotopic (exact) mass is 564 g/mol. The number of aromatic nitrogens is 2. The number of methoxy groups -OCH3 is 1. The molecule has 214 valence electrons. The van der Waals surface area contributed by atoms with Crippen LogP contribution in [-0.4, -0.2) is 66.5 Å². The Labute approximate surface area is 243 Å². The van der Waals surface area contributed by atoms with Gasteiger partial charge < -0.3 is 23.7 Å². The third-order valence-corrected chi connectivity index (χ3v) is 7.64. The normalized spacial score (nSPS) is 13.4. The maximum Gasteiger partial charge on any atom is 0.358 e. The van der Waals surface area contributed by atoms with Gasteiger partial charge in [-0.1, -0.05) is 42.5 Å². The quantitative estimate of drug-likeness (QED) is 0.233. The molecule has 1 saturated heterocycles. The average Bonchev–Trinajstić information content (AvgIpc) is 3.63. The summed E-state index contributed by atoms with van der Waals surface area (Å²) in [5.74, 6) is 0.511. The van der Waals surface area contributed by atoms with Gasteiger partial charge in [0.05, 0.1) is 19.4 Å². The zero-order valence-electron chi connectivity index (χ0n) is 23.9. The van der Waals surface area contributed by atoms with E-state index in [0.29, 0.717) is 37.7 Å². The van der Waals surface area contributed by atoms with Crippen LogP contribution in [0.1, 0.15) is 33.5 Å². The molecule has 9 nitrogen and oxygen atoms in total. The van der Waals surface area contributed by atoms with Crippen molar-refractivity contribution in [2.75, 3.05) is 44.8 Å². The number of aryl methyl sites for hydroxylation is 1. The fourth-order valence-electron chi connectivity index (χ4n) is 5.41. The lowest BCUT2D eigenvalue weighted by Gasteiger charge is -2.35. The van der Waals surface area contributed by atoms with Crippen LogP contribution in [0.25, 0.3) is 27.9 Å². The van der Waals surface area contributed by atoms with Crippen LogP contribution in [0, 0.1) is 6.92 Å². The highest BCUT2D eigenvalue weighted by molar-refractivity contribution is 5.99. The summed E-state index contributed by atoms with van der Waals surface area (Å²) in [4.78, 5) is 30.0. The second-order valence-electron chi connectivity index (χ2n) is 10.1. The van der Waals surface area contributed by atoms with Gasteiger partial charge in [-0.05, 0) is 50.2 Å². The topological polar surface area (TPSA) is 90.0 Å². The van der Waals surface area contributed by atoms with Crippen molar-refractivity contribution >= 4 is 28.5 Å². The number of hydrogen-bond donors (Lipinski definition) is 0. The van der Waals surface area contributed by atoms with Crippen molar-refractivity contribution in [2.45, 2.75) is 13.8 Å². The summed E-state index contributed by atoms with van der Waals surface area (Å²) < 4.78 is 18.4. The molecule has 0 radical (unpaired) electrons. The third-order valence-electron chi connectivity index (χ3n) is 7.64. The van der Waals surface area contributed by atoms with Gasteiger partial charge in [0, 0.05) is 48.4 Å². The standard InChI is InChI=1S/C33H32N4O5/c1-4-41-33(39)26-21-28(37(34-26)27-10-6-8-12-30(27)40-3)23-13-15-24(16-14-23)35-17-19-36(20-18-35)32(38)31-22(2)25-9-5-7-11-29(25)42-31/h5-16,21H,4,17-20H2,1-3H3. The fourth-order valence-corrected chi connectivity index (χ4v) is 5.41. The molecule has 0 spiro atoms. The maximum atomic E-state index is 13.3. The number of nitrogens with zero attached hydrogens (tertiary/aromatic N) is 4. The minimum absolute atomic E-state index is 0.0688. The second-order valence-corrected chi connectivity index (χ2v) is 10.1. The van der Waals surface area contributed by atoms with Crippen molar-refractivity contribution in [2.24, 2.45) is 0 Å². The van der Waals surface area contributed by atoms with Crippen molar-refractivity contribution < 1.29 is 23.5 Å². The first-order valence-corrected chi connectivity index (χ1v) is 14.0. The minimum Gasteiger partial charge on any atom is -0.494 e. The van der Waals surface area contributed by atoms with Crippen LogP contribution in [0.15, 0.2) is 83.3 Å². The summed E-state index contributed by atoms with van der Waals surface area (Å²) in [6.07, 6.45) is 0. The van der Waals surface area contributed by atoms with Crippen LogP contribution in [0.5, 0.6) is 5.75 Å². The lowest BCUT2D eigenvalue weighted by atomic mass is 10.1. The molecule has 0 saturated carbocycles. The summed E-state index contributed by atoms with van der Waals surface area (Å²) in [5.41, 5.74) is 5.25. The number of para-hydroxylation sites is 3. The van der Waals surface area contributed by atoms with Gasteiger partial charge in [-0.2, -0.15) is 5.10 Å². The number of rotatable bonds is 7. The Balaban J connectivity index is 1.20. The molecule has 2 aromatic heterocycles. The second kappa shape index (κ2) is 11.4. The molecule has 6 rings (SSSR count). The lowest BCUT2D eigenvalue weighted by molar-refractivity contribution is 0.0518. The molecule has 42 heavy (non-hydrogen) atoms. The number of fused-ring (bicyclic) bond motifs is 1. The summed E-state index contributed by atoms with van der Waals surface area (Å²) in [5, 5.41) is 5.55. The van der Waals surface area contributed by atoms with Gasteiger partial charge >= 0.3 is 5.97 Å². The first kappa shape index (κ1) is 27.1. The van der Waals surface area contributed by atoms with Crippen LogP contribution >= 0.6 is 0 Å². The first-order valence-electron chi connectivity index (χ1n) is 14.0. The van der Waals surface area contributed by atoms with E-state index < -0.39 is 5.97 Å². The van der Waals surface area contributed by atoms with Crippen molar-refractivity contribution in [1.29, 1.82) is 0 Å². The molecule has 1 amide bonds. The number of ether oxygens (including phenoxy) is 2. The van der Waals surface area contributed by atoms with Gasteiger partial charge in [0.25, 0.3) is 5.91 Å². The average molecular weight is 565 g/mol. The van der Waals surface area contributed by atoms with Crippen molar-refractivity contribution in [3.8, 4) is 22.7 Å². The number of furan rings is 1. The number of esters is 1. The molecular formula is C33H32N4O5. The number of anilines is 1. The van der Waals surface area contributed by atoms with Crippen LogP contribution in [0.2, 0.25) is 0 Å². The molecule has 1 fully saturated rings. The van der Waals surface area contributed by atoms with Gasteiger partial charge in [-0.25, -0.2) is 9.48 Å². The number of benzene rings is 3. The SMILES string of the molecule is CCOC(=O)c1cc(-c2ccc(N3CCN(C(=O)c4oc5ccccc5c4C)CC3)cc2)n(-c2ccccc2OC)n1. The maximum absolute atomic E-state index is 13.3. The Kier molecular flexibility index (Phi) is 7.39. The van der Waals surface area contributed by atoms with E-state index in [1.165, 1.54) is 0 Å². The molecule has 3 aromatic carbocycles. The zero-order chi connectivity index (χ0) is 29.2. The van der Waals surface area contributed by atoms with Crippen molar-refractivity contribution in [1.82, 2.24) is 14.7 Å². The van der Waals surface area contributed by atoms with E-state index >= 15 is 0 Å². The molecule has 5 aromatic rings. The van der Waals surface area contributed by atoms with Crippen LogP contribution in [-0.2, 0) is 4.74 Å². The Hall–Kier alpha value is -5.05. The molecule has 0 N–H and O–H groups in total. The van der Waals surface area contributed by atoms with E-state index in [1.807, 2.05) is 72.5 Å². The Morgan fingerprint density at radius 2 is 1.64 bits per heavy atom. The van der Waals surface area contributed by atoms with Crippen molar-refractivity contribution in [3.63, 3.8) is 0 Å². The van der Waals surface area contributed by atoms with Crippen LogP contribution in [0.4, 0.5) is 5.69 Å². The first-order chi connectivity index (χ1) is 20.5. The Morgan fingerprint density at radius 3 is 2.36 bits per heavy atom. The minimum atomic E-state index is -0.478. The predicted octanol–water partition coefficient (Wildman–Crippen LogP) is 5.74. The van der Waals surface area contributed by atoms with Crippen molar-refractivity contribution in [3.05, 3.63) is 95.9 Å². The Morgan fingerprint density at radius 1 is 0.929 bits per heavy atom. The number of amides is 1. The number of piperazine rings is 1. The highest BCUT2D eigenvalue weighted by atomic mass is 16.5. The van der Waals surface area contributed by atoms with E-state index in [4.69, 9.17) is 13.9 Å². The highest BCUT2D eigenvalue weighted by Gasteiger charge is 2.27. The van der Waals surface area contributed by atoms with Gasteiger partial charge in [-0.15, -0.1) is 0 Å². The largest absolute Gasteiger partial charge is 0.494 e. The van der Waals surface area contributed by atoms with E-state index in [9.17, 15) is 9.59 Å².